The van der Waals surface area contributed by atoms with Crippen LogP contribution in [0.15, 0.2) is 23.8 Å². The quantitative estimate of drug-likeness (QED) is 0.644. The van der Waals surface area contributed by atoms with Crippen LogP contribution in [0.4, 0.5) is 4.79 Å². The third kappa shape index (κ3) is 3.43. The van der Waals surface area contributed by atoms with E-state index in [1.165, 1.54) is 13.2 Å². The molecule has 2 N–H and O–H groups in total. The number of amides is 4. The lowest BCUT2D eigenvalue weighted by Gasteiger charge is -2.16. The summed E-state index contributed by atoms with van der Waals surface area (Å²) in [5, 5.41) is 4.04. The predicted octanol–water partition coefficient (Wildman–Crippen LogP) is 1.23. The molecular formula is C15H16N2O5. The van der Waals surface area contributed by atoms with E-state index in [0.717, 1.165) is 0 Å². The highest BCUT2D eigenvalue weighted by molar-refractivity contribution is 6.31. The first-order valence-corrected chi connectivity index (χ1v) is 6.63. The normalized spacial score (nSPS) is 14.5. The van der Waals surface area contributed by atoms with E-state index in [9.17, 15) is 14.4 Å². The highest BCUT2D eigenvalue weighted by atomic mass is 16.5. The molecule has 0 spiro atoms. The first kappa shape index (κ1) is 15.6. The highest BCUT2D eigenvalue weighted by Crippen LogP contribution is 2.28. The Hall–Kier alpha value is -2.83. The van der Waals surface area contributed by atoms with Gasteiger partial charge in [-0.15, -0.1) is 0 Å². The number of hydrogen-bond donors (Lipinski definition) is 2. The number of hydrogen-bond acceptors (Lipinski definition) is 5. The lowest BCUT2D eigenvalue weighted by molar-refractivity contribution is -0.123. The van der Waals surface area contributed by atoms with Crippen molar-refractivity contribution in [3.63, 3.8) is 0 Å². The molecule has 2 rings (SSSR count). The Bertz CT molecular complexity index is 642. The van der Waals surface area contributed by atoms with Crippen LogP contribution in [0.2, 0.25) is 0 Å². The van der Waals surface area contributed by atoms with Crippen LogP contribution in [0.5, 0.6) is 11.5 Å². The molecule has 0 bridgehead atoms. The maximum absolute atomic E-state index is 11.7. The molecule has 116 valence electrons. The number of urea groups is 1. The van der Waals surface area contributed by atoms with Crippen LogP contribution in [0.1, 0.15) is 19.4 Å². The molecule has 1 saturated heterocycles. The van der Waals surface area contributed by atoms with E-state index in [1.807, 2.05) is 24.5 Å². The molecule has 7 heteroatoms. The van der Waals surface area contributed by atoms with Crippen LogP contribution in [-0.2, 0) is 9.59 Å². The minimum absolute atomic E-state index is 0.0974. The summed E-state index contributed by atoms with van der Waals surface area (Å²) in [5.74, 6) is -0.440. The minimum Gasteiger partial charge on any atom is -0.497 e. The summed E-state index contributed by atoms with van der Waals surface area (Å²) in [5.41, 5.74) is 0.363. The van der Waals surface area contributed by atoms with Gasteiger partial charge in [-0.25, -0.2) is 4.79 Å². The predicted molar refractivity (Wildman–Crippen MR) is 78.4 cm³/mol. The van der Waals surface area contributed by atoms with Crippen LogP contribution >= 0.6 is 0 Å². The van der Waals surface area contributed by atoms with Gasteiger partial charge in [0.15, 0.2) is 0 Å². The third-order valence-electron chi connectivity index (χ3n) is 2.83. The number of carbonyl (C=O) groups is 3. The van der Waals surface area contributed by atoms with Crippen molar-refractivity contribution in [2.45, 2.75) is 20.0 Å². The van der Waals surface area contributed by atoms with Crippen molar-refractivity contribution in [3.05, 3.63) is 29.3 Å². The molecule has 0 aliphatic carbocycles. The number of imide groups is 2. The van der Waals surface area contributed by atoms with Crippen LogP contribution in [0, 0.1) is 0 Å². The number of ether oxygens (including phenoxy) is 2. The standard InChI is InChI=1S/C15H16N2O5/c1-8(2)22-12-7-10(21-3)5-4-9(12)6-11-13(18)16-15(20)17-14(11)19/h4-8H,1-3H3,(H2,16,17,18,19,20). The van der Waals surface area contributed by atoms with E-state index in [1.54, 1.807) is 18.2 Å². The summed E-state index contributed by atoms with van der Waals surface area (Å²) in [4.78, 5) is 34.5. The Labute approximate surface area is 127 Å². The van der Waals surface area contributed by atoms with E-state index in [2.05, 4.69) is 0 Å². The van der Waals surface area contributed by atoms with Crippen molar-refractivity contribution in [2.75, 3.05) is 7.11 Å². The fourth-order valence-electron chi connectivity index (χ4n) is 1.88. The van der Waals surface area contributed by atoms with Gasteiger partial charge >= 0.3 is 6.03 Å². The van der Waals surface area contributed by atoms with Crippen LogP contribution in [-0.4, -0.2) is 31.1 Å². The molecule has 1 heterocycles. The Balaban J connectivity index is 2.43. The summed E-state index contributed by atoms with van der Waals surface area (Å²) < 4.78 is 10.8. The number of methoxy groups -OCH3 is 1. The van der Waals surface area contributed by atoms with Crippen molar-refractivity contribution in [1.82, 2.24) is 10.6 Å². The average molecular weight is 304 g/mol. The highest BCUT2D eigenvalue weighted by Gasteiger charge is 2.28. The zero-order chi connectivity index (χ0) is 16.3. The monoisotopic (exact) mass is 304 g/mol. The van der Waals surface area contributed by atoms with Crippen molar-refractivity contribution < 1.29 is 23.9 Å². The number of barbiturate groups is 1. The molecule has 1 aromatic carbocycles. The van der Waals surface area contributed by atoms with Crippen molar-refractivity contribution in [1.29, 1.82) is 0 Å². The second-order valence-electron chi connectivity index (χ2n) is 4.87. The van der Waals surface area contributed by atoms with Crippen LogP contribution in [0.25, 0.3) is 6.08 Å². The Morgan fingerprint density at radius 2 is 1.73 bits per heavy atom. The number of nitrogens with one attached hydrogen (secondary N) is 2. The number of benzene rings is 1. The summed E-state index contributed by atoms with van der Waals surface area (Å²) in [6, 6.07) is 4.18. The van der Waals surface area contributed by atoms with E-state index < -0.39 is 17.8 Å². The van der Waals surface area contributed by atoms with Crippen molar-refractivity contribution in [2.24, 2.45) is 0 Å². The SMILES string of the molecule is COc1ccc(C=C2C(=O)NC(=O)NC2=O)c(OC(C)C)c1. The number of carbonyl (C=O) groups excluding carboxylic acids is 3. The van der Waals surface area contributed by atoms with Gasteiger partial charge in [-0.3, -0.25) is 20.2 Å². The first-order chi connectivity index (χ1) is 10.4. The molecule has 0 atom stereocenters. The molecule has 7 nitrogen and oxygen atoms in total. The van der Waals surface area contributed by atoms with E-state index in [4.69, 9.17) is 9.47 Å². The molecular weight excluding hydrogens is 288 g/mol. The molecule has 22 heavy (non-hydrogen) atoms. The smallest absolute Gasteiger partial charge is 0.328 e. The average Bonchev–Trinajstić information content (AvgIpc) is 2.43. The van der Waals surface area contributed by atoms with E-state index >= 15 is 0 Å². The maximum atomic E-state index is 11.7. The second kappa shape index (κ2) is 6.30. The van der Waals surface area contributed by atoms with E-state index in [0.29, 0.717) is 17.1 Å². The zero-order valence-corrected chi connectivity index (χ0v) is 12.4. The Kier molecular flexibility index (Phi) is 4.45. The fourth-order valence-corrected chi connectivity index (χ4v) is 1.88. The van der Waals surface area contributed by atoms with Gasteiger partial charge in [0, 0.05) is 11.6 Å². The van der Waals surface area contributed by atoms with E-state index in [-0.39, 0.29) is 11.7 Å². The van der Waals surface area contributed by atoms with Gasteiger partial charge in [0.1, 0.15) is 17.1 Å². The molecule has 0 saturated carbocycles. The fraction of sp³-hybridized carbons (Fsp3) is 0.267. The molecule has 1 aromatic rings. The van der Waals surface area contributed by atoms with Crippen LogP contribution < -0.4 is 20.1 Å². The molecule has 0 unspecified atom stereocenters. The summed E-state index contributed by atoms with van der Waals surface area (Å²) in [7, 11) is 1.53. The van der Waals surface area contributed by atoms with Gasteiger partial charge in [-0.05, 0) is 32.1 Å². The first-order valence-electron chi connectivity index (χ1n) is 6.63. The molecule has 1 aliphatic rings. The molecule has 0 radical (unpaired) electrons. The molecule has 1 fully saturated rings. The van der Waals surface area contributed by atoms with Crippen molar-refractivity contribution >= 4 is 23.9 Å². The van der Waals surface area contributed by atoms with Gasteiger partial charge in [0.25, 0.3) is 11.8 Å². The Morgan fingerprint density at radius 3 is 2.27 bits per heavy atom. The van der Waals surface area contributed by atoms with Crippen LogP contribution in [0.3, 0.4) is 0 Å². The summed E-state index contributed by atoms with van der Waals surface area (Å²) in [6.07, 6.45) is 1.27. The molecule has 0 aromatic heterocycles. The zero-order valence-electron chi connectivity index (χ0n) is 12.4. The van der Waals surface area contributed by atoms with Gasteiger partial charge in [-0.1, -0.05) is 0 Å². The lowest BCUT2D eigenvalue weighted by atomic mass is 10.1. The topological polar surface area (TPSA) is 93.7 Å². The second-order valence-corrected chi connectivity index (χ2v) is 4.87. The van der Waals surface area contributed by atoms with Gasteiger partial charge < -0.3 is 9.47 Å². The number of rotatable bonds is 4. The van der Waals surface area contributed by atoms with Gasteiger partial charge in [0.05, 0.1) is 13.2 Å². The third-order valence-corrected chi connectivity index (χ3v) is 2.83. The summed E-state index contributed by atoms with van der Waals surface area (Å²) >= 11 is 0. The lowest BCUT2D eigenvalue weighted by Crippen LogP contribution is -2.51. The minimum atomic E-state index is -0.833. The van der Waals surface area contributed by atoms with Crippen molar-refractivity contribution in [3.8, 4) is 11.5 Å². The molecule has 4 amide bonds. The van der Waals surface area contributed by atoms with Gasteiger partial charge in [-0.2, -0.15) is 0 Å². The Morgan fingerprint density at radius 1 is 1.09 bits per heavy atom. The molecule has 1 aliphatic heterocycles. The maximum Gasteiger partial charge on any atom is 0.328 e. The van der Waals surface area contributed by atoms with Gasteiger partial charge in [0.2, 0.25) is 0 Å². The summed E-state index contributed by atoms with van der Waals surface area (Å²) in [6.45, 7) is 3.71. The largest absolute Gasteiger partial charge is 0.497 e.